The maximum absolute atomic E-state index is 12.8. The molecule has 0 atom stereocenters. The molecule has 3 heterocycles. The third kappa shape index (κ3) is 4.80. The molecule has 0 saturated heterocycles. The third-order valence-corrected chi connectivity index (χ3v) is 8.66. The molecule has 190 valence electrons. The third-order valence-electron chi connectivity index (χ3n) is 6.52. The lowest BCUT2D eigenvalue weighted by atomic mass is 9.96. The number of hydrogen-bond donors (Lipinski definition) is 1. The monoisotopic (exact) mass is 540 g/mol. The first kappa shape index (κ1) is 24.3. The number of carbonyl (C=O) groups is 1. The van der Waals surface area contributed by atoms with Crippen LogP contribution < -0.4 is 5.32 Å². The first-order chi connectivity index (χ1) is 18.7. The fourth-order valence-electron chi connectivity index (χ4n) is 4.70. The molecule has 0 bridgehead atoms. The summed E-state index contributed by atoms with van der Waals surface area (Å²) in [5.41, 5.74) is 4.45. The quantitative estimate of drug-likeness (QED) is 0.276. The molecule has 11 heteroatoms. The molecule has 1 amide bonds. The Morgan fingerprint density at radius 2 is 1.87 bits per heavy atom. The molecular formula is C27H24N8OS2. The zero-order chi connectivity index (χ0) is 25.9. The van der Waals surface area contributed by atoms with E-state index < -0.39 is 0 Å². The van der Waals surface area contributed by atoms with Crippen LogP contribution in [0.4, 0.5) is 5.00 Å². The Balaban J connectivity index is 1.18. The van der Waals surface area contributed by atoms with Gasteiger partial charge >= 0.3 is 0 Å². The van der Waals surface area contributed by atoms with E-state index in [1.807, 2.05) is 63.8 Å². The molecule has 5 aromatic rings. The number of nitrogens with one attached hydrogen (secondary N) is 1. The number of amides is 1. The number of fused-ring (bicyclic) bond motifs is 2. The molecule has 6 rings (SSSR count). The summed E-state index contributed by atoms with van der Waals surface area (Å²) in [6, 6.07) is 20.0. The summed E-state index contributed by atoms with van der Waals surface area (Å²) in [4.78, 5) is 14.0. The van der Waals surface area contributed by atoms with Crippen molar-refractivity contribution in [1.82, 2.24) is 29.8 Å². The number of aryl methyl sites for hydroxylation is 1. The Morgan fingerprint density at radius 1 is 1.05 bits per heavy atom. The minimum absolute atomic E-state index is 0.104. The summed E-state index contributed by atoms with van der Waals surface area (Å²) in [6.45, 7) is 0.406. The number of para-hydroxylation sites is 2. The summed E-state index contributed by atoms with van der Waals surface area (Å²) < 4.78 is 3.81. The van der Waals surface area contributed by atoms with Crippen molar-refractivity contribution in [2.24, 2.45) is 0 Å². The van der Waals surface area contributed by atoms with Crippen molar-refractivity contribution in [3.8, 4) is 11.8 Å². The summed E-state index contributed by atoms with van der Waals surface area (Å²) in [5.74, 6) is 1.14. The van der Waals surface area contributed by atoms with Gasteiger partial charge in [-0.2, -0.15) is 5.26 Å². The van der Waals surface area contributed by atoms with E-state index in [4.69, 9.17) is 0 Å². The van der Waals surface area contributed by atoms with Gasteiger partial charge in [0.1, 0.15) is 23.1 Å². The molecule has 0 aliphatic heterocycles. The van der Waals surface area contributed by atoms with Crippen LogP contribution in [0.3, 0.4) is 0 Å². The number of carbonyl (C=O) groups excluding carboxylic acids is 1. The topological polar surface area (TPSA) is 114 Å². The van der Waals surface area contributed by atoms with Crippen LogP contribution in [0.5, 0.6) is 0 Å². The number of nitriles is 1. The van der Waals surface area contributed by atoms with E-state index in [9.17, 15) is 10.1 Å². The number of benzene rings is 2. The zero-order valence-electron chi connectivity index (χ0n) is 20.5. The molecule has 0 saturated carbocycles. The van der Waals surface area contributed by atoms with Gasteiger partial charge in [-0.05, 0) is 55.5 Å². The van der Waals surface area contributed by atoms with Crippen LogP contribution in [0.15, 0.2) is 59.8 Å². The number of anilines is 1. The second-order valence-electron chi connectivity index (χ2n) is 8.98. The van der Waals surface area contributed by atoms with Crippen LogP contribution in [-0.4, -0.2) is 41.4 Å². The smallest absolute Gasteiger partial charge is 0.225 e. The summed E-state index contributed by atoms with van der Waals surface area (Å²) >= 11 is 3.03. The van der Waals surface area contributed by atoms with E-state index >= 15 is 0 Å². The van der Waals surface area contributed by atoms with E-state index in [2.05, 4.69) is 31.9 Å². The van der Waals surface area contributed by atoms with Gasteiger partial charge in [0.05, 0.1) is 11.1 Å². The SMILES string of the molecule is N#Cc1c(NC(=O)CCSc2nnc(Cn3nnc4ccccc43)n2-c2ccccc2)sc2c1CCCC2. The largest absolute Gasteiger partial charge is 0.317 e. The number of nitrogens with zero attached hydrogens (tertiary/aromatic N) is 7. The van der Waals surface area contributed by atoms with Gasteiger partial charge in [-0.1, -0.05) is 47.3 Å². The van der Waals surface area contributed by atoms with Crippen LogP contribution in [-0.2, 0) is 24.2 Å². The van der Waals surface area contributed by atoms with Crippen LogP contribution in [0.1, 0.15) is 41.1 Å². The maximum Gasteiger partial charge on any atom is 0.225 e. The molecule has 0 spiro atoms. The predicted molar refractivity (Wildman–Crippen MR) is 148 cm³/mol. The van der Waals surface area contributed by atoms with Gasteiger partial charge in [0, 0.05) is 22.7 Å². The second-order valence-corrected chi connectivity index (χ2v) is 11.1. The molecule has 38 heavy (non-hydrogen) atoms. The summed E-state index contributed by atoms with van der Waals surface area (Å²) in [7, 11) is 0. The van der Waals surface area contributed by atoms with E-state index in [-0.39, 0.29) is 5.91 Å². The highest BCUT2D eigenvalue weighted by atomic mass is 32.2. The van der Waals surface area contributed by atoms with Crippen molar-refractivity contribution in [3.63, 3.8) is 0 Å². The molecule has 3 aromatic heterocycles. The predicted octanol–water partition coefficient (Wildman–Crippen LogP) is 4.99. The standard InChI is InChI=1S/C27H24N8OS2/c28-16-20-19-10-4-7-13-23(19)38-26(20)29-25(36)14-15-37-27-32-31-24(35(27)18-8-2-1-3-9-18)17-34-22-12-6-5-11-21(22)30-33-34/h1-3,5-6,8-9,11-12H,4,7,10,13-15,17H2,(H,29,36). The van der Waals surface area contributed by atoms with Crippen LogP contribution in [0.25, 0.3) is 16.7 Å². The van der Waals surface area contributed by atoms with Gasteiger partial charge in [0.2, 0.25) is 5.91 Å². The van der Waals surface area contributed by atoms with Gasteiger partial charge < -0.3 is 5.32 Å². The van der Waals surface area contributed by atoms with E-state index in [1.165, 1.54) is 16.6 Å². The van der Waals surface area contributed by atoms with Gasteiger partial charge in [-0.25, -0.2) is 4.68 Å². The Hall–Kier alpha value is -4.01. The van der Waals surface area contributed by atoms with Crippen molar-refractivity contribution < 1.29 is 4.79 Å². The molecule has 2 aromatic carbocycles. The maximum atomic E-state index is 12.8. The summed E-state index contributed by atoms with van der Waals surface area (Å²) in [5, 5.41) is 31.5. The highest BCUT2D eigenvalue weighted by molar-refractivity contribution is 7.99. The van der Waals surface area contributed by atoms with Gasteiger partial charge in [-0.15, -0.1) is 26.6 Å². The van der Waals surface area contributed by atoms with Crippen molar-refractivity contribution in [3.05, 3.63) is 76.4 Å². The molecule has 0 radical (unpaired) electrons. The summed E-state index contributed by atoms with van der Waals surface area (Å²) in [6.07, 6.45) is 4.44. The van der Waals surface area contributed by atoms with Crippen LogP contribution >= 0.6 is 23.1 Å². The zero-order valence-corrected chi connectivity index (χ0v) is 22.1. The fourth-order valence-corrected chi connectivity index (χ4v) is 6.86. The first-order valence-corrected chi connectivity index (χ1v) is 14.3. The average molecular weight is 541 g/mol. The number of hydrogen-bond acceptors (Lipinski definition) is 8. The molecular weight excluding hydrogens is 516 g/mol. The number of aromatic nitrogens is 6. The lowest BCUT2D eigenvalue weighted by Crippen LogP contribution is -2.13. The highest BCUT2D eigenvalue weighted by Crippen LogP contribution is 2.37. The fraction of sp³-hybridized carbons (Fsp3) is 0.259. The Bertz CT molecular complexity index is 1650. The van der Waals surface area contributed by atoms with E-state index in [1.54, 1.807) is 11.3 Å². The minimum Gasteiger partial charge on any atom is -0.317 e. The Morgan fingerprint density at radius 3 is 2.74 bits per heavy atom. The van der Waals surface area contributed by atoms with Crippen LogP contribution in [0.2, 0.25) is 0 Å². The first-order valence-electron chi connectivity index (χ1n) is 12.5. The van der Waals surface area contributed by atoms with Crippen molar-refractivity contribution in [1.29, 1.82) is 5.26 Å². The average Bonchev–Trinajstić information content (AvgIpc) is 3.64. The minimum atomic E-state index is -0.104. The van der Waals surface area contributed by atoms with Gasteiger partial charge in [-0.3, -0.25) is 9.36 Å². The van der Waals surface area contributed by atoms with Gasteiger partial charge in [0.15, 0.2) is 11.0 Å². The normalized spacial score (nSPS) is 12.8. The second kappa shape index (κ2) is 10.8. The number of thioether (sulfide) groups is 1. The molecule has 1 N–H and O–H groups in total. The molecule has 1 aliphatic rings. The Kier molecular flexibility index (Phi) is 6.90. The molecule has 0 unspecified atom stereocenters. The molecule has 9 nitrogen and oxygen atoms in total. The molecule has 0 fully saturated rings. The van der Waals surface area contributed by atoms with Crippen molar-refractivity contribution >= 4 is 45.0 Å². The number of thiophene rings is 1. The number of rotatable bonds is 8. The molecule has 1 aliphatic carbocycles. The highest BCUT2D eigenvalue weighted by Gasteiger charge is 2.22. The van der Waals surface area contributed by atoms with E-state index in [0.29, 0.717) is 34.4 Å². The lowest BCUT2D eigenvalue weighted by Gasteiger charge is -2.10. The Labute approximate surface area is 227 Å². The van der Waals surface area contributed by atoms with Crippen molar-refractivity contribution in [2.75, 3.05) is 11.1 Å². The van der Waals surface area contributed by atoms with Crippen molar-refractivity contribution in [2.45, 2.75) is 43.8 Å². The van der Waals surface area contributed by atoms with Crippen LogP contribution in [0, 0.1) is 11.3 Å². The lowest BCUT2D eigenvalue weighted by molar-refractivity contribution is -0.115. The van der Waals surface area contributed by atoms with E-state index in [0.717, 1.165) is 53.8 Å². The van der Waals surface area contributed by atoms with Gasteiger partial charge in [0.25, 0.3) is 0 Å².